The van der Waals surface area contributed by atoms with Crippen LogP contribution in [0.25, 0.3) is 0 Å². The first-order valence-corrected chi connectivity index (χ1v) is 6.60. The second kappa shape index (κ2) is 4.41. The van der Waals surface area contributed by atoms with E-state index in [1.807, 2.05) is 5.98 Å². The predicted molar refractivity (Wildman–Crippen MR) is 70.8 cm³/mol. The van der Waals surface area contributed by atoms with Crippen LogP contribution in [-0.4, -0.2) is 30.4 Å². The number of rotatable bonds is 2. The maximum Gasteiger partial charge on any atom is 0.486 e. The summed E-state index contributed by atoms with van der Waals surface area (Å²) in [6, 6.07) is 1.10. The van der Waals surface area contributed by atoms with Crippen molar-refractivity contribution in [2.45, 2.75) is 70.7 Å². The normalized spacial score (nSPS) is 35.9. The van der Waals surface area contributed by atoms with Crippen molar-refractivity contribution in [1.29, 1.82) is 0 Å². The van der Waals surface area contributed by atoms with Crippen LogP contribution in [0.5, 0.6) is 0 Å². The van der Waals surface area contributed by atoms with Gasteiger partial charge in [-0.05, 0) is 47.5 Å². The zero-order valence-corrected chi connectivity index (χ0v) is 11.6. The number of nitrogens with one attached hydrogen (secondary N) is 1. The van der Waals surface area contributed by atoms with Crippen LogP contribution in [0.1, 0.15) is 47.5 Å². The van der Waals surface area contributed by atoms with Gasteiger partial charge in [-0.15, -0.1) is 0 Å². The molecule has 0 aliphatic carbocycles. The van der Waals surface area contributed by atoms with Gasteiger partial charge in [0.2, 0.25) is 0 Å². The van der Waals surface area contributed by atoms with E-state index in [-0.39, 0.29) is 18.3 Å². The average Bonchev–Trinajstić information content (AvgIpc) is 2.67. The van der Waals surface area contributed by atoms with Crippen LogP contribution >= 0.6 is 0 Å². The van der Waals surface area contributed by atoms with Gasteiger partial charge in [0.15, 0.2) is 0 Å². The van der Waals surface area contributed by atoms with Crippen LogP contribution < -0.4 is 5.32 Å². The first-order valence-electron chi connectivity index (χ1n) is 6.60. The van der Waals surface area contributed by atoms with Crippen LogP contribution in [0.3, 0.4) is 0 Å². The van der Waals surface area contributed by atoms with E-state index in [0.29, 0.717) is 12.1 Å². The van der Waals surface area contributed by atoms with Gasteiger partial charge < -0.3 is 14.6 Å². The summed E-state index contributed by atoms with van der Waals surface area (Å²) in [6.07, 6.45) is 4.64. The molecule has 2 fully saturated rings. The molecule has 0 spiro atoms. The van der Waals surface area contributed by atoms with Gasteiger partial charge >= 0.3 is 7.12 Å². The lowest BCUT2D eigenvalue weighted by Crippen LogP contribution is -2.41. The van der Waals surface area contributed by atoms with Crippen LogP contribution in [-0.2, 0) is 9.31 Å². The van der Waals surface area contributed by atoms with Crippen molar-refractivity contribution in [2.75, 3.05) is 0 Å². The monoisotopic (exact) mass is 237 g/mol. The van der Waals surface area contributed by atoms with Crippen LogP contribution in [0.15, 0.2) is 12.1 Å². The topological polar surface area (TPSA) is 30.5 Å². The Hall–Kier alpha value is -0.315. The molecular formula is C13H24BNO2. The molecule has 4 heteroatoms. The molecule has 0 aromatic rings. The van der Waals surface area contributed by atoms with Gasteiger partial charge in [-0.1, -0.05) is 12.1 Å². The largest absolute Gasteiger partial charge is 0.486 e. The van der Waals surface area contributed by atoms with Gasteiger partial charge in [-0.2, -0.15) is 0 Å². The molecule has 0 bridgehead atoms. The molecule has 2 aliphatic rings. The molecule has 17 heavy (non-hydrogen) atoms. The van der Waals surface area contributed by atoms with Crippen molar-refractivity contribution in [3.63, 3.8) is 0 Å². The summed E-state index contributed by atoms with van der Waals surface area (Å²) in [5.74, 6) is 2.05. The maximum absolute atomic E-state index is 5.91. The third-order valence-electron chi connectivity index (χ3n) is 4.18. The van der Waals surface area contributed by atoms with Gasteiger partial charge in [-0.25, -0.2) is 0 Å². The molecular weight excluding hydrogens is 213 g/mol. The molecule has 1 N–H and O–H groups in total. The van der Waals surface area contributed by atoms with E-state index in [0.717, 1.165) is 0 Å². The van der Waals surface area contributed by atoms with Crippen molar-refractivity contribution in [3.8, 4) is 0 Å². The van der Waals surface area contributed by atoms with E-state index in [1.54, 1.807) is 0 Å². The molecule has 0 saturated carbocycles. The standard InChI is InChI=1S/C13H24BNO2/c1-10-6-7-11(15-10)8-9-14-16-12(2,3)13(4,5)17-14/h8-11,15H,6-7H2,1-5H3/b9-8+. The van der Waals surface area contributed by atoms with E-state index in [2.05, 4.69) is 46.0 Å². The van der Waals surface area contributed by atoms with Gasteiger partial charge in [0.25, 0.3) is 0 Å². The zero-order chi connectivity index (χ0) is 12.7. The summed E-state index contributed by atoms with van der Waals surface area (Å²) in [7, 11) is -0.210. The van der Waals surface area contributed by atoms with Crippen molar-refractivity contribution in [3.05, 3.63) is 12.1 Å². The first kappa shape index (κ1) is 13.1. The minimum absolute atomic E-state index is 0.210. The van der Waals surface area contributed by atoms with E-state index in [4.69, 9.17) is 9.31 Å². The van der Waals surface area contributed by atoms with Gasteiger partial charge in [0, 0.05) is 12.1 Å². The zero-order valence-electron chi connectivity index (χ0n) is 11.6. The Morgan fingerprint density at radius 2 is 1.71 bits per heavy atom. The highest BCUT2D eigenvalue weighted by molar-refractivity contribution is 6.51. The Balaban J connectivity index is 1.91. The molecule has 96 valence electrons. The Morgan fingerprint density at radius 3 is 2.18 bits per heavy atom. The summed E-state index contributed by atoms with van der Waals surface area (Å²) in [6.45, 7) is 10.5. The van der Waals surface area contributed by atoms with E-state index in [1.165, 1.54) is 12.8 Å². The maximum atomic E-state index is 5.91. The second-order valence-corrected chi connectivity index (χ2v) is 6.26. The fourth-order valence-electron chi connectivity index (χ4n) is 2.31. The SMILES string of the molecule is CC1CCC(/C=C/B2OC(C)(C)C(C)(C)O2)N1. The average molecular weight is 237 g/mol. The Morgan fingerprint density at radius 1 is 1.12 bits per heavy atom. The van der Waals surface area contributed by atoms with Gasteiger partial charge in [-0.3, -0.25) is 0 Å². The molecule has 0 radical (unpaired) electrons. The third kappa shape index (κ3) is 2.75. The van der Waals surface area contributed by atoms with Gasteiger partial charge in [0.1, 0.15) is 0 Å². The second-order valence-electron chi connectivity index (χ2n) is 6.26. The molecule has 2 aliphatic heterocycles. The molecule has 3 nitrogen and oxygen atoms in total. The third-order valence-corrected chi connectivity index (χ3v) is 4.18. The lowest BCUT2D eigenvalue weighted by Gasteiger charge is -2.32. The van der Waals surface area contributed by atoms with E-state index in [9.17, 15) is 0 Å². The van der Waals surface area contributed by atoms with E-state index < -0.39 is 0 Å². The predicted octanol–water partition coefficient (Wildman–Crippen LogP) is 2.31. The molecule has 0 aromatic carbocycles. The fourth-order valence-corrected chi connectivity index (χ4v) is 2.31. The van der Waals surface area contributed by atoms with Crippen LogP contribution in [0.2, 0.25) is 0 Å². The Kier molecular flexibility index (Phi) is 3.41. The molecule has 0 amide bonds. The summed E-state index contributed by atoms with van der Waals surface area (Å²) >= 11 is 0. The summed E-state index contributed by atoms with van der Waals surface area (Å²) in [5.41, 5.74) is -0.475. The van der Waals surface area contributed by atoms with Gasteiger partial charge in [0.05, 0.1) is 11.2 Å². The highest BCUT2D eigenvalue weighted by atomic mass is 16.7. The van der Waals surface area contributed by atoms with Crippen molar-refractivity contribution in [2.24, 2.45) is 0 Å². The molecule has 2 heterocycles. The summed E-state index contributed by atoms with van der Waals surface area (Å²) in [5, 5.41) is 3.52. The van der Waals surface area contributed by atoms with Crippen molar-refractivity contribution < 1.29 is 9.31 Å². The molecule has 0 aromatic heterocycles. The molecule has 2 atom stereocenters. The lowest BCUT2D eigenvalue weighted by atomic mass is 9.89. The summed E-state index contributed by atoms with van der Waals surface area (Å²) < 4.78 is 11.8. The smallest absolute Gasteiger partial charge is 0.400 e. The van der Waals surface area contributed by atoms with Crippen LogP contribution in [0.4, 0.5) is 0 Å². The molecule has 2 rings (SSSR count). The molecule has 2 unspecified atom stereocenters. The fraction of sp³-hybridized carbons (Fsp3) is 0.846. The van der Waals surface area contributed by atoms with Crippen LogP contribution in [0, 0.1) is 0 Å². The summed E-state index contributed by atoms with van der Waals surface area (Å²) in [4.78, 5) is 0. The minimum atomic E-state index is -0.238. The minimum Gasteiger partial charge on any atom is -0.400 e. The van der Waals surface area contributed by atoms with Crippen molar-refractivity contribution in [1.82, 2.24) is 5.32 Å². The highest BCUT2D eigenvalue weighted by Gasteiger charge is 2.50. The first-order chi connectivity index (χ1) is 7.80. The quantitative estimate of drug-likeness (QED) is 0.747. The van der Waals surface area contributed by atoms with E-state index >= 15 is 0 Å². The number of hydrogen-bond donors (Lipinski definition) is 1. The molecule has 2 saturated heterocycles. The number of hydrogen-bond acceptors (Lipinski definition) is 3. The lowest BCUT2D eigenvalue weighted by molar-refractivity contribution is 0.00578. The highest BCUT2D eigenvalue weighted by Crippen LogP contribution is 2.36. The Labute approximate surface area is 105 Å². The van der Waals surface area contributed by atoms with Crippen molar-refractivity contribution >= 4 is 7.12 Å². The Bertz CT molecular complexity index is 299.